The number of halogens is 2. The summed E-state index contributed by atoms with van der Waals surface area (Å²) in [5.41, 5.74) is 4.31. The first-order valence-electron chi connectivity index (χ1n) is 10.8. The number of Topliss-reactive ketones (excluding diaryl/α,β-unsaturated/α-hetero) is 1. The van der Waals surface area contributed by atoms with Crippen LogP contribution in [-0.4, -0.2) is 48.2 Å². The second-order valence-electron chi connectivity index (χ2n) is 8.20. The SMILES string of the molecule is CC(=O)N1CCc2ccc(C(=O)CCCCN(C)CCc3ccccc3Cl)cc2C1.Cl. The molecule has 0 aromatic heterocycles. The Balaban J connectivity index is 0.00000341. The van der Waals surface area contributed by atoms with Gasteiger partial charge in [-0.3, -0.25) is 9.59 Å². The molecule has 1 heterocycles. The van der Waals surface area contributed by atoms with Crippen molar-refractivity contribution in [2.75, 3.05) is 26.7 Å². The molecule has 1 amide bonds. The smallest absolute Gasteiger partial charge is 0.219 e. The average molecular weight is 463 g/mol. The van der Waals surface area contributed by atoms with Gasteiger partial charge in [0.15, 0.2) is 5.78 Å². The fraction of sp³-hybridized carbons (Fsp3) is 0.440. The topological polar surface area (TPSA) is 40.6 Å². The molecule has 0 N–H and O–H groups in total. The lowest BCUT2D eigenvalue weighted by Gasteiger charge is -2.28. The maximum atomic E-state index is 12.6. The molecule has 2 aromatic rings. The first kappa shape index (κ1) is 25.4. The Morgan fingerprint density at radius 1 is 1.06 bits per heavy atom. The van der Waals surface area contributed by atoms with Crippen molar-refractivity contribution in [3.05, 3.63) is 69.7 Å². The Morgan fingerprint density at radius 2 is 1.84 bits per heavy atom. The number of likely N-dealkylation sites (N-methyl/N-ethyl adjacent to an activating group) is 1. The number of benzene rings is 2. The van der Waals surface area contributed by atoms with Gasteiger partial charge in [0.2, 0.25) is 5.91 Å². The van der Waals surface area contributed by atoms with Gasteiger partial charge in [-0.1, -0.05) is 41.9 Å². The maximum absolute atomic E-state index is 12.6. The van der Waals surface area contributed by atoms with E-state index in [-0.39, 0.29) is 24.1 Å². The molecule has 0 aliphatic carbocycles. The highest BCUT2D eigenvalue weighted by Gasteiger charge is 2.19. The van der Waals surface area contributed by atoms with Gasteiger partial charge < -0.3 is 9.80 Å². The Bertz CT molecular complexity index is 901. The van der Waals surface area contributed by atoms with Gasteiger partial charge in [0.1, 0.15) is 0 Å². The average Bonchev–Trinajstić information content (AvgIpc) is 2.75. The van der Waals surface area contributed by atoms with Gasteiger partial charge in [-0.05, 0) is 68.1 Å². The van der Waals surface area contributed by atoms with E-state index < -0.39 is 0 Å². The molecule has 0 saturated carbocycles. The number of unbranched alkanes of at least 4 members (excludes halogenated alkanes) is 1. The Kier molecular flexibility index (Phi) is 10.0. The minimum absolute atomic E-state index is 0. The van der Waals surface area contributed by atoms with Crippen LogP contribution in [0.25, 0.3) is 0 Å². The zero-order chi connectivity index (χ0) is 21.5. The van der Waals surface area contributed by atoms with Crippen LogP contribution in [0.2, 0.25) is 5.02 Å². The highest BCUT2D eigenvalue weighted by Crippen LogP contribution is 2.22. The molecule has 1 aliphatic rings. The van der Waals surface area contributed by atoms with Crippen LogP contribution in [0.4, 0.5) is 0 Å². The number of nitrogens with zero attached hydrogens (tertiary/aromatic N) is 2. The lowest BCUT2D eigenvalue weighted by molar-refractivity contribution is -0.129. The van der Waals surface area contributed by atoms with Gasteiger partial charge >= 0.3 is 0 Å². The van der Waals surface area contributed by atoms with E-state index in [0.717, 1.165) is 61.5 Å². The predicted octanol–water partition coefficient (Wildman–Crippen LogP) is 5.19. The van der Waals surface area contributed by atoms with Crippen molar-refractivity contribution < 1.29 is 9.59 Å². The molecule has 168 valence electrons. The van der Waals surface area contributed by atoms with Crippen LogP contribution in [0, 0.1) is 0 Å². The Hall–Kier alpha value is -1.88. The fourth-order valence-electron chi connectivity index (χ4n) is 3.94. The molecule has 0 radical (unpaired) electrons. The van der Waals surface area contributed by atoms with Crippen molar-refractivity contribution in [2.24, 2.45) is 0 Å². The molecule has 4 nitrogen and oxygen atoms in total. The van der Waals surface area contributed by atoms with E-state index in [0.29, 0.717) is 13.0 Å². The highest BCUT2D eigenvalue weighted by atomic mass is 35.5. The third-order valence-electron chi connectivity index (χ3n) is 5.90. The van der Waals surface area contributed by atoms with Crippen molar-refractivity contribution in [3.8, 4) is 0 Å². The Labute approximate surface area is 197 Å². The van der Waals surface area contributed by atoms with Crippen LogP contribution in [0.1, 0.15) is 53.2 Å². The van der Waals surface area contributed by atoms with E-state index in [1.165, 1.54) is 11.1 Å². The predicted molar refractivity (Wildman–Crippen MR) is 129 cm³/mol. The summed E-state index contributed by atoms with van der Waals surface area (Å²) in [4.78, 5) is 28.4. The summed E-state index contributed by atoms with van der Waals surface area (Å²) < 4.78 is 0. The van der Waals surface area contributed by atoms with Crippen LogP contribution in [0.5, 0.6) is 0 Å². The number of carbonyl (C=O) groups is 2. The molecule has 0 bridgehead atoms. The van der Waals surface area contributed by atoms with Crippen molar-refractivity contribution in [2.45, 2.75) is 45.6 Å². The summed E-state index contributed by atoms with van der Waals surface area (Å²) in [6, 6.07) is 14.0. The van der Waals surface area contributed by atoms with Crippen LogP contribution >= 0.6 is 24.0 Å². The zero-order valence-corrected chi connectivity index (χ0v) is 20.0. The number of hydrogen-bond donors (Lipinski definition) is 0. The number of carbonyl (C=O) groups excluding carboxylic acids is 2. The van der Waals surface area contributed by atoms with E-state index >= 15 is 0 Å². The zero-order valence-electron chi connectivity index (χ0n) is 18.4. The third kappa shape index (κ3) is 7.34. The minimum atomic E-state index is 0. The lowest BCUT2D eigenvalue weighted by Crippen LogP contribution is -2.34. The number of rotatable bonds is 9. The molecule has 0 fully saturated rings. The largest absolute Gasteiger partial charge is 0.338 e. The summed E-state index contributed by atoms with van der Waals surface area (Å²) in [7, 11) is 2.11. The summed E-state index contributed by atoms with van der Waals surface area (Å²) >= 11 is 6.22. The minimum Gasteiger partial charge on any atom is -0.338 e. The van der Waals surface area contributed by atoms with Gasteiger partial charge in [-0.25, -0.2) is 0 Å². The highest BCUT2D eigenvalue weighted by molar-refractivity contribution is 6.31. The molecule has 0 saturated heterocycles. The van der Waals surface area contributed by atoms with Gasteiger partial charge in [0.05, 0.1) is 0 Å². The molecule has 0 spiro atoms. The molecular weight excluding hydrogens is 431 g/mol. The number of hydrogen-bond acceptors (Lipinski definition) is 3. The van der Waals surface area contributed by atoms with Crippen LogP contribution in [0.3, 0.4) is 0 Å². The standard InChI is InChI=1S/C25H31ClN2O2.ClH/c1-19(29)28-16-13-20-10-11-22(17-23(20)18-28)25(30)9-5-6-14-27(2)15-12-21-7-3-4-8-24(21)26;/h3-4,7-8,10-11,17H,5-6,9,12-16,18H2,1-2H3;1H. The van der Waals surface area contributed by atoms with Gasteiger partial charge in [0, 0.05) is 43.6 Å². The summed E-state index contributed by atoms with van der Waals surface area (Å²) in [6.45, 7) is 4.90. The first-order chi connectivity index (χ1) is 14.4. The molecule has 6 heteroatoms. The number of fused-ring (bicyclic) bond motifs is 1. The van der Waals surface area contributed by atoms with Crippen molar-refractivity contribution >= 4 is 35.7 Å². The fourth-order valence-corrected chi connectivity index (χ4v) is 4.17. The second-order valence-corrected chi connectivity index (χ2v) is 8.61. The monoisotopic (exact) mass is 462 g/mol. The van der Waals surface area contributed by atoms with E-state index in [9.17, 15) is 9.59 Å². The summed E-state index contributed by atoms with van der Waals surface area (Å²) in [6.07, 6.45) is 4.23. The van der Waals surface area contributed by atoms with Crippen molar-refractivity contribution in [3.63, 3.8) is 0 Å². The molecule has 31 heavy (non-hydrogen) atoms. The van der Waals surface area contributed by atoms with Crippen LogP contribution in [0.15, 0.2) is 42.5 Å². The molecule has 0 atom stereocenters. The van der Waals surface area contributed by atoms with E-state index in [1.807, 2.05) is 35.2 Å². The van der Waals surface area contributed by atoms with Crippen molar-refractivity contribution in [1.29, 1.82) is 0 Å². The molecular formula is C25H32Cl2N2O2. The van der Waals surface area contributed by atoms with Crippen LogP contribution in [-0.2, 0) is 24.2 Å². The lowest BCUT2D eigenvalue weighted by atomic mass is 9.95. The van der Waals surface area contributed by atoms with E-state index in [2.05, 4.69) is 24.1 Å². The van der Waals surface area contributed by atoms with E-state index in [1.54, 1.807) is 6.92 Å². The molecule has 3 rings (SSSR count). The second kappa shape index (κ2) is 12.2. The normalized spacial score (nSPS) is 13.0. The molecule has 2 aromatic carbocycles. The third-order valence-corrected chi connectivity index (χ3v) is 6.27. The van der Waals surface area contributed by atoms with E-state index in [4.69, 9.17) is 11.6 Å². The summed E-state index contributed by atoms with van der Waals surface area (Å²) in [5.74, 6) is 0.285. The van der Waals surface area contributed by atoms with Gasteiger partial charge in [-0.15, -0.1) is 12.4 Å². The van der Waals surface area contributed by atoms with Gasteiger partial charge in [0.25, 0.3) is 0 Å². The first-order valence-corrected chi connectivity index (χ1v) is 11.1. The van der Waals surface area contributed by atoms with Gasteiger partial charge in [-0.2, -0.15) is 0 Å². The quantitative estimate of drug-likeness (QED) is 0.380. The van der Waals surface area contributed by atoms with Crippen LogP contribution < -0.4 is 0 Å². The maximum Gasteiger partial charge on any atom is 0.219 e. The molecule has 0 unspecified atom stereocenters. The molecule has 1 aliphatic heterocycles. The number of ketones is 1. The Morgan fingerprint density at radius 3 is 2.58 bits per heavy atom. The summed E-state index contributed by atoms with van der Waals surface area (Å²) in [5, 5.41) is 0.827. The van der Waals surface area contributed by atoms with Crippen molar-refractivity contribution in [1.82, 2.24) is 9.80 Å². The number of amides is 1.